The number of hydrogen-bond donors (Lipinski definition) is 1. The van der Waals surface area contributed by atoms with Crippen molar-refractivity contribution in [3.8, 4) is 5.75 Å². The van der Waals surface area contributed by atoms with Crippen molar-refractivity contribution in [1.29, 1.82) is 0 Å². The van der Waals surface area contributed by atoms with Gasteiger partial charge in [-0.15, -0.1) is 0 Å². The molecule has 1 N–H and O–H groups in total. The second-order valence-electron chi connectivity index (χ2n) is 4.75. The zero-order valence-electron chi connectivity index (χ0n) is 12.1. The molecule has 108 valence electrons. The summed E-state index contributed by atoms with van der Waals surface area (Å²) in [6.07, 6.45) is 3.44. The number of rotatable bonds is 6. The topological polar surface area (TPSA) is 39.1 Å². The Morgan fingerprint density at radius 2 is 2.25 bits per heavy atom. The van der Waals surface area contributed by atoms with Gasteiger partial charge in [0.25, 0.3) is 0 Å². The molecule has 1 unspecified atom stereocenters. The quantitative estimate of drug-likeness (QED) is 0.882. The normalized spacial score (nSPS) is 12.4. The predicted molar refractivity (Wildman–Crippen MR) is 76.0 cm³/mol. The lowest BCUT2D eigenvalue weighted by Gasteiger charge is -2.14. The number of benzene rings is 1. The third kappa shape index (κ3) is 3.36. The fourth-order valence-electron chi connectivity index (χ4n) is 2.05. The molecule has 0 radical (unpaired) electrons. The summed E-state index contributed by atoms with van der Waals surface area (Å²) in [4.78, 5) is 4.01. The fourth-order valence-corrected chi connectivity index (χ4v) is 2.05. The lowest BCUT2D eigenvalue weighted by atomic mass is 10.1. The SMILES string of the molecule is CCNC(C)c1ccc(OCc2cncn2C)cc1F. The molecule has 4 nitrogen and oxygen atoms in total. The Kier molecular flexibility index (Phi) is 4.74. The minimum absolute atomic E-state index is 0.00822. The van der Waals surface area contributed by atoms with E-state index in [1.165, 1.54) is 6.07 Å². The minimum atomic E-state index is -0.249. The van der Waals surface area contributed by atoms with Gasteiger partial charge in [0, 0.05) is 24.7 Å². The third-order valence-electron chi connectivity index (χ3n) is 3.25. The van der Waals surface area contributed by atoms with Gasteiger partial charge in [-0.25, -0.2) is 9.37 Å². The van der Waals surface area contributed by atoms with Crippen molar-refractivity contribution in [2.24, 2.45) is 7.05 Å². The fraction of sp³-hybridized carbons (Fsp3) is 0.400. The Morgan fingerprint density at radius 3 is 2.85 bits per heavy atom. The number of nitrogens with zero attached hydrogens (tertiary/aromatic N) is 2. The molecule has 1 atom stereocenters. The lowest BCUT2D eigenvalue weighted by molar-refractivity contribution is 0.295. The molecular weight excluding hydrogens is 257 g/mol. The molecule has 1 heterocycles. The zero-order chi connectivity index (χ0) is 14.5. The highest BCUT2D eigenvalue weighted by Gasteiger charge is 2.11. The lowest BCUT2D eigenvalue weighted by Crippen LogP contribution is -2.18. The largest absolute Gasteiger partial charge is 0.487 e. The average molecular weight is 277 g/mol. The molecule has 2 aromatic rings. The second-order valence-corrected chi connectivity index (χ2v) is 4.75. The summed E-state index contributed by atoms with van der Waals surface area (Å²) in [7, 11) is 1.90. The van der Waals surface area contributed by atoms with Crippen LogP contribution in [0.3, 0.4) is 0 Å². The van der Waals surface area contributed by atoms with Gasteiger partial charge in [0.05, 0.1) is 18.2 Å². The number of ether oxygens (including phenoxy) is 1. The smallest absolute Gasteiger partial charge is 0.131 e. The molecule has 0 aliphatic rings. The molecule has 1 aromatic heterocycles. The molecule has 1 aromatic carbocycles. The molecule has 0 spiro atoms. The number of halogens is 1. The van der Waals surface area contributed by atoms with Crippen LogP contribution in [0.15, 0.2) is 30.7 Å². The Hall–Kier alpha value is -1.88. The van der Waals surface area contributed by atoms with E-state index in [1.54, 1.807) is 24.7 Å². The first-order valence-electron chi connectivity index (χ1n) is 6.72. The Morgan fingerprint density at radius 1 is 1.45 bits per heavy atom. The van der Waals surface area contributed by atoms with Crippen LogP contribution in [-0.2, 0) is 13.7 Å². The van der Waals surface area contributed by atoms with Gasteiger partial charge in [-0.05, 0) is 19.5 Å². The van der Waals surface area contributed by atoms with Crippen LogP contribution in [0.1, 0.15) is 31.1 Å². The van der Waals surface area contributed by atoms with Crippen molar-refractivity contribution in [1.82, 2.24) is 14.9 Å². The van der Waals surface area contributed by atoms with Crippen molar-refractivity contribution < 1.29 is 9.13 Å². The van der Waals surface area contributed by atoms with Crippen molar-refractivity contribution in [2.75, 3.05) is 6.54 Å². The standard InChI is InChI=1S/C15H20FN3O/c1-4-18-11(2)14-6-5-13(7-15(14)16)20-9-12-8-17-10-19(12)3/h5-8,10-11,18H,4,9H2,1-3H3. The van der Waals surface area contributed by atoms with E-state index in [1.807, 2.05) is 25.5 Å². The summed E-state index contributed by atoms with van der Waals surface area (Å²) >= 11 is 0. The Balaban J connectivity index is 2.03. The van der Waals surface area contributed by atoms with Crippen LogP contribution < -0.4 is 10.1 Å². The first-order valence-corrected chi connectivity index (χ1v) is 6.72. The van der Waals surface area contributed by atoms with Crippen LogP contribution in [0.25, 0.3) is 0 Å². The van der Waals surface area contributed by atoms with Crippen LogP contribution in [0.5, 0.6) is 5.75 Å². The summed E-state index contributed by atoms with van der Waals surface area (Å²) in [5.41, 5.74) is 1.59. The number of aryl methyl sites for hydroxylation is 1. The van der Waals surface area contributed by atoms with Crippen LogP contribution in [-0.4, -0.2) is 16.1 Å². The first kappa shape index (κ1) is 14.5. The molecule has 0 aliphatic carbocycles. The van der Waals surface area contributed by atoms with E-state index in [0.717, 1.165) is 12.2 Å². The number of nitrogens with one attached hydrogen (secondary N) is 1. The Labute approximate surface area is 118 Å². The molecule has 0 saturated heterocycles. The molecule has 20 heavy (non-hydrogen) atoms. The monoisotopic (exact) mass is 277 g/mol. The van der Waals surface area contributed by atoms with Crippen molar-refractivity contribution >= 4 is 0 Å². The average Bonchev–Trinajstić information content (AvgIpc) is 2.82. The van der Waals surface area contributed by atoms with Gasteiger partial charge < -0.3 is 14.6 Å². The van der Waals surface area contributed by atoms with Gasteiger partial charge in [-0.1, -0.05) is 13.0 Å². The molecule has 0 bridgehead atoms. The summed E-state index contributed by atoms with van der Waals surface area (Å²) in [5.74, 6) is 0.275. The third-order valence-corrected chi connectivity index (χ3v) is 3.25. The molecule has 2 rings (SSSR count). The van der Waals surface area contributed by atoms with Gasteiger partial charge in [0.15, 0.2) is 0 Å². The van der Waals surface area contributed by atoms with E-state index >= 15 is 0 Å². The molecule has 0 saturated carbocycles. The highest BCUT2D eigenvalue weighted by atomic mass is 19.1. The van der Waals surface area contributed by atoms with Crippen molar-refractivity contribution in [2.45, 2.75) is 26.5 Å². The van der Waals surface area contributed by atoms with Gasteiger partial charge in [-0.2, -0.15) is 0 Å². The zero-order valence-corrected chi connectivity index (χ0v) is 12.1. The van der Waals surface area contributed by atoms with Gasteiger partial charge in [-0.3, -0.25) is 0 Å². The maximum atomic E-state index is 14.0. The number of hydrogen-bond acceptors (Lipinski definition) is 3. The highest BCUT2D eigenvalue weighted by molar-refractivity contribution is 5.30. The molecule has 0 aliphatic heterocycles. The van der Waals surface area contributed by atoms with Crippen molar-refractivity contribution in [3.63, 3.8) is 0 Å². The first-order chi connectivity index (χ1) is 9.61. The maximum absolute atomic E-state index is 14.0. The summed E-state index contributed by atoms with van der Waals surface area (Å²) in [6.45, 7) is 5.12. The second kappa shape index (κ2) is 6.52. The van der Waals surface area contributed by atoms with Crippen molar-refractivity contribution in [3.05, 3.63) is 47.8 Å². The van der Waals surface area contributed by atoms with Crippen LogP contribution in [0.2, 0.25) is 0 Å². The predicted octanol–water partition coefficient (Wildman–Crippen LogP) is 2.81. The molecular formula is C15H20FN3O. The summed E-state index contributed by atoms with van der Waals surface area (Å²) in [5, 5.41) is 3.19. The van der Waals surface area contributed by atoms with Gasteiger partial charge in [0.1, 0.15) is 18.2 Å². The summed E-state index contributed by atoms with van der Waals surface area (Å²) in [6, 6.07) is 4.98. The van der Waals surface area contributed by atoms with E-state index in [9.17, 15) is 4.39 Å². The van der Waals surface area contributed by atoms with Gasteiger partial charge in [0.2, 0.25) is 0 Å². The van der Waals surface area contributed by atoms with E-state index in [4.69, 9.17) is 4.74 Å². The number of imidazole rings is 1. The molecule has 0 fully saturated rings. The van der Waals surface area contributed by atoms with Crippen LogP contribution in [0, 0.1) is 5.82 Å². The molecule has 5 heteroatoms. The van der Waals surface area contributed by atoms with E-state index in [-0.39, 0.29) is 11.9 Å². The highest BCUT2D eigenvalue weighted by Crippen LogP contribution is 2.22. The van der Waals surface area contributed by atoms with E-state index < -0.39 is 0 Å². The van der Waals surface area contributed by atoms with Crippen LogP contribution in [0.4, 0.5) is 4.39 Å². The van der Waals surface area contributed by atoms with E-state index in [0.29, 0.717) is 17.9 Å². The molecule has 0 amide bonds. The minimum Gasteiger partial charge on any atom is -0.487 e. The summed E-state index contributed by atoms with van der Waals surface area (Å²) < 4.78 is 21.5. The number of aromatic nitrogens is 2. The van der Waals surface area contributed by atoms with Crippen LogP contribution >= 0.6 is 0 Å². The van der Waals surface area contributed by atoms with Gasteiger partial charge >= 0.3 is 0 Å². The van der Waals surface area contributed by atoms with E-state index in [2.05, 4.69) is 10.3 Å². The Bertz CT molecular complexity index is 568. The maximum Gasteiger partial charge on any atom is 0.131 e.